The summed E-state index contributed by atoms with van der Waals surface area (Å²) in [5.74, 6) is 0.271. The van der Waals surface area contributed by atoms with Gasteiger partial charge >= 0.3 is 0 Å². The molecule has 142 valence electrons. The highest BCUT2D eigenvalue weighted by Gasteiger charge is 2.17. The normalized spacial score (nSPS) is 14.4. The number of para-hydroxylation sites is 1. The Bertz CT molecular complexity index is 786. The molecular formula is C20H23N3O4. The van der Waals surface area contributed by atoms with Gasteiger partial charge < -0.3 is 20.1 Å². The lowest BCUT2D eigenvalue weighted by molar-refractivity contribution is -0.118. The number of hydrogen-bond donors (Lipinski definition) is 2. The predicted molar refractivity (Wildman–Crippen MR) is 103 cm³/mol. The van der Waals surface area contributed by atoms with Gasteiger partial charge in [0, 0.05) is 18.8 Å². The first-order chi connectivity index (χ1) is 13.2. The minimum atomic E-state index is -0.289. The fraction of sp³-hybridized carbons (Fsp3) is 0.300. The van der Waals surface area contributed by atoms with E-state index in [9.17, 15) is 9.59 Å². The van der Waals surface area contributed by atoms with Crippen molar-refractivity contribution in [2.75, 3.05) is 50.6 Å². The minimum Gasteiger partial charge on any atom is -0.497 e. The summed E-state index contributed by atoms with van der Waals surface area (Å²) in [7, 11) is 1.59. The van der Waals surface area contributed by atoms with Crippen LogP contribution in [0.15, 0.2) is 48.5 Å². The Morgan fingerprint density at radius 3 is 2.44 bits per heavy atom. The molecule has 1 saturated heterocycles. The molecule has 0 radical (unpaired) electrons. The Balaban J connectivity index is 1.65. The van der Waals surface area contributed by atoms with Crippen LogP contribution in [0.4, 0.5) is 11.4 Å². The molecule has 0 saturated carbocycles. The van der Waals surface area contributed by atoms with E-state index in [1.807, 2.05) is 4.90 Å². The molecule has 7 nitrogen and oxygen atoms in total. The van der Waals surface area contributed by atoms with Crippen LogP contribution in [-0.4, -0.2) is 56.7 Å². The number of carbonyl (C=O) groups is 2. The topological polar surface area (TPSA) is 79.9 Å². The number of hydrogen-bond acceptors (Lipinski definition) is 5. The third kappa shape index (κ3) is 5.29. The maximum atomic E-state index is 12.6. The summed E-state index contributed by atoms with van der Waals surface area (Å²) >= 11 is 0. The Hall–Kier alpha value is -2.90. The standard InChI is InChI=1S/C20H23N3O4/c1-26-16-8-6-15(7-9-16)21-20(25)17-4-2-3-5-18(17)22-19(24)14-23-10-12-27-13-11-23/h2-9H,10-14H2,1H3,(H,21,25)(H,22,24). The van der Waals surface area contributed by atoms with Crippen LogP contribution < -0.4 is 15.4 Å². The smallest absolute Gasteiger partial charge is 0.257 e. The predicted octanol–water partition coefficient (Wildman–Crippen LogP) is 2.22. The zero-order chi connectivity index (χ0) is 19.1. The number of nitrogens with zero attached hydrogens (tertiary/aromatic N) is 1. The summed E-state index contributed by atoms with van der Waals surface area (Å²) in [4.78, 5) is 27.0. The molecule has 2 N–H and O–H groups in total. The number of carbonyl (C=O) groups excluding carboxylic acids is 2. The van der Waals surface area contributed by atoms with E-state index in [0.29, 0.717) is 35.9 Å². The van der Waals surface area contributed by atoms with E-state index in [-0.39, 0.29) is 18.4 Å². The lowest BCUT2D eigenvalue weighted by Gasteiger charge is -2.25. The van der Waals surface area contributed by atoms with E-state index < -0.39 is 0 Å². The summed E-state index contributed by atoms with van der Waals surface area (Å²) < 4.78 is 10.4. The molecule has 0 unspecified atom stereocenters. The van der Waals surface area contributed by atoms with Gasteiger partial charge in [0.2, 0.25) is 5.91 Å². The second-order valence-corrected chi connectivity index (χ2v) is 6.16. The fourth-order valence-corrected chi connectivity index (χ4v) is 2.82. The van der Waals surface area contributed by atoms with Crippen molar-refractivity contribution in [2.45, 2.75) is 0 Å². The Morgan fingerprint density at radius 2 is 1.74 bits per heavy atom. The number of anilines is 2. The molecule has 27 heavy (non-hydrogen) atoms. The molecule has 1 fully saturated rings. The zero-order valence-corrected chi connectivity index (χ0v) is 15.2. The van der Waals surface area contributed by atoms with E-state index >= 15 is 0 Å². The van der Waals surface area contributed by atoms with Gasteiger partial charge in [0.25, 0.3) is 5.91 Å². The molecule has 0 spiro atoms. The molecule has 0 atom stereocenters. The van der Waals surface area contributed by atoms with Gasteiger partial charge in [-0.15, -0.1) is 0 Å². The number of benzene rings is 2. The molecule has 0 aromatic heterocycles. The SMILES string of the molecule is COc1ccc(NC(=O)c2ccccc2NC(=O)CN2CCOCC2)cc1. The number of ether oxygens (including phenoxy) is 2. The van der Waals surface area contributed by atoms with Crippen LogP contribution in [0.1, 0.15) is 10.4 Å². The molecule has 3 rings (SSSR count). The highest BCUT2D eigenvalue weighted by atomic mass is 16.5. The van der Waals surface area contributed by atoms with Crippen LogP contribution in [0.2, 0.25) is 0 Å². The number of methoxy groups -OCH3 is 1. The van der Waals surface area contributed by atoms with Gasteiger partial charge in [0.1, 0.15) is 5.75 Å². The monoisotopic (exact) mass is 369 g/mol. The summed E-state index contributed by atoms with van der Waals surface area (Å²) in [6, 6.07) is 14.0. The molecular weight excluding hydrogens is 346 g/mol. The van der Waals surface area contributed by atoms with Crippen molar-refractivity contribution in [3.8, 4) is 5.75 Å². The van der Waals surface area contributed by atoms with Gasteiger partial charge in [-0.2, -0.15) is 0 Å². The summed E-state index contributed by atoms with van der Waals surface area (Å²) in [6.45, 7) is 3.00. The van der Waals surface area contributed by atoms with E-state index in [0.717, 1.165) is 13.1 Å². The van der Waals surface area contributed by atoms with Gasteiger partial charge in [0.05, 0.1) is 38.1 Å². The molecule has 1 aliphatic rings. The number of rotatable bonds is 6. The van der Waals surface area contributed by atoms with Crippen LogP contribution >= 0.6 is 0 Å². The molecule has 1 heterocycles. The van der Waals surface area contributed by atoms with Gasteiger partial charge in [-0.05, 0) is 36.4 Å². The fourth-order valence-electron chi connectivity index (χ4n) is 2.82. The Morgan fingerprint density at radius 1 is 1.04 bits per heavy atom. The van der Waals surface area contributed by atoms with Crippen LogP contribution in [-0.2, 0) is 9.53 Å². The molecule has 2 aromatic carbocycles. The summed E-state index contributed by atoms with van der Waals surface area (Å²) in [6.07, 6.45) is 0. The lowest BCUT2D eigenvalue weighted by atomic mass is 10.1. The van der Waals surface area contributed by atoms with Gasteiger partial charge in [-0.1, -0.05) is 12.1 Å². The number of nitrogens with one attached hydrogen (secondary N) is 2. The van der Waals surface area contributed by atoms with Crippen molar-refractivity contribution in [2.24, 2.45) is 0 Å². The number of morpholine rings is 1. The Kier molecular flexibility index (Phi) is 6.40. The Labute approximate surface area is 158 Å². The minimum absolute atomic E-state index is 0.151. The second kappa shape index (κ2) is 9.16. The lowest BCUT2D eigenvalue weighted by Crippen LogP contribution is -2.41. The van der Waals surface area contributed by atoms with Gasteiger partial charge in [-0.25, -0.2) is 0 Å². The quantitative estimate of drug-likeness (QED) is 0.816. The van der Waals surface area contributed by atoms with Gasteiger partial charge in [-0.3, -0.25) is 14.5 Å². The third-order valence-corrected chi connectivity index (χ3v) is 4.26. The first kappa shape index (κ1) is 18.9. The van der Waals surface area contributed by atoms with Crippen molar-refractivity contribution in [3.63, 3.8) is 0 Å². The van der Waals surface area contributed by atoms with Crippen molar-refractivity contribution in [1.82, 2.24) is 4.90 Å². The molecule has 2 aromatic rings. The van der Waals surface area contributed by atoms with E-state index in [1.54, 1.807) is 55.6 Å². The van der Waals surface area contributed by atoms with Crippen LogP contribution in [0.3, 0.4) is 0 Å². The molecule has 2 amide bonds. The maximum Gasteiger partial charge on any atom is 0.257 e. The second-order valence-electron chi connectivity index (χ2n) is 6.16. The zero-order valence-electron chi connectivity index (χ0n) is 15.2. The highest BCUT2D eigenvalue weighted by Crippen LogP contribution is 2.19. The maximum absolute atomic E-state index is 12.6. The van der Waals surface area contributed by atoms with E-state index in [4.69, 9.17) is 9.47 Å². The third-order valence-electron chi connectivity index (χ3n) is 4.26. The average molecular weight is 369 g/mol. The first-order valence-corrected chi connectivity index (χ1v) is 8.80. The van der Waals surface area contributed by atoms with Crippen molar-refractivity contribution in [3.05, 3.63) is 54.1 Å². The van der Waals surface area contributed by atoms with Crippen LogP contribution in [0.25, 0.3) is 0 Å². The van der Waals surface area contributed by atoms with E-state index in [2.05, 4.69) is 10.6 Å². The molecule has 1 aliphatic heterocycles. The number of amides is 2. The van der Waals surface area contributed by atoms with Crippen molar-refractivity contribution in [1.29, 1.82) is 0 Å². The van der Waals surface area contributed by atoms with E-state index in [1.165, 1.54) is 0 Å². The van der Waals surface area contributed by atoms with Gasteiger partial charge in [0.15, 0.2) is 0 Å². The first-order valence-electron chi connectivity index (χ1n) is 8.80. The van der Waals surface area contributed by atoms with Crippen molar-refractivity contribution < 1.29 is 19.1 Å². The summed E-state index contributed by atoms with van der Waals surface area (Å²) in [5.41, 5.74) is 1.54. The highest BCUT2D eigenvalue weighted by molar-refractivity contribution is 6.10. The molecule has 0 aliphatic carbocycles. The largest absolute Gasteiger partial charge is 0.497 e. The van der Waals surface area contributed by atoms with Crippen molar-refractivity contribution >= 4 is 23.2 Å². The van der Waals surface area contributed by atoms with Crippen LogP contribution in [0, 0.1) is 0 Å². The molecule has 0 bridgehead atoms. The van der Waals surface area contributed by atoms with Crippen LogP contribution in [0.5, 0.6) is 5.75 Å². The average Bonchev–Trinajstić information content (AvgIpc) is 2.69. The molecule has 7 heteroatoms. The summed E-state index contributed by atoms with van der Waals surface area (Å²) in [5, 5.41) is 5.67.